The summed E-state index contributed by atoms with van der Waals surface area (Å²) in [5.74, 6) is 0.430. The van der Waals surface area contributed by atoms with Gasteiger partial charge in [-0.2, -0.15) is 0 Å². The molecule has 1 N–H and O–H groups in total. The molecule has 0 aliphatic heterocycles. The molecule has 1 heterocycles. The van der Waals surface area contributed by atoms with Gasteiger partial charge in [0.1, 0.15) is 5.75 Å². The maximum Gasteiger partial charge on any atom is 0.255 e. The number of thiophene rings is 1. The van der Waals surface area contributed by atoms with Crippen LogP contribution < -0.4 is 10.1 Å². The van der Waals surface area contributed by atoms with Crippen LogP contribution in [0.15, 0.2) is 40.2 Å². The second kappa shape index (κ2) is 7.76. The average molecular weight is 383 g/mol. The Bertz CT molecular complexity index is 629. The van der Waals surface area contributed by atoms with Crippen LogP contribution in [0, 0.1) is 0 Å². The van der Waals surface area contributed by atoms with Crippen LogP contribution in [0.4, 0.5) is 0 Å². The molecular weight excluding hydrogens is 364 g/mol. The number of hydrogen-bond donors (Lipinski definition) is 1. The van der Waals surface area contributed by atoms with Crippen LogP contribution in [-0.4, -0.2) is 38.6 Å². The number of methoxy groups -OCH3 is 1. The van der Waals surface area contributed by atoms with Crippen LogP contribution in [0.3, 0.4) is 0 Å². The third-order valence-electron chi connectivity index (χ3n) is 3.36. The van der Waals surface area contributed by atoms with Crippen LogP contribution in [0.2, 0.25) is 0 Å². The fourth-order valence-electron chi connectivity index (χ4n) is 2.16. The molecule has 0 fully saturated rings. The molecule has 0 saturated heterocycles. The summed E-state index contributed by atoms with van der Waals surface area (Å²) in [6.45, 7) is 0.544. The van der Waals surface area contributed by atoms with E-state index in [9.17, 15) is 4.79 Å². The highest BCUT2D eigenvalue weighted by atomic mass is 79.9. The van der Waals surface area contributed by atoms with Gasteiger partial charge in [0.15, 0.2) is 0 Å². The van der Waals surface area contributed by atoms with Gasteiger partial charge in [-0.15, -0.1) is 11.3 Å². The van der Waals surface area contributed by atoms with Crippen molar-refractivity contribution in [1.82, 2.24) is 10.2 Å². The fraction of sp³-hybridized carbons (Fsp3) is 0.312. The highest BCUT2D eigenvalue weighted by molar-refractivity contribution is 9.10. The summed E-state index contributed by atoms with van der Waals surface area (Å²) >= 11 is 5.08. The normalized spacial score (nSPS) is 12.2. The number of amides is 1. The maximum absolute atomic E-state index is 12.4. The first-order chi connectivity index (χ1) is 10.5. The van der Waals surface area contributed by atoms with Crippen molar-refractivity contribution >= 4 is 33.2 Å². The number of hydrogen-bond acceptors (Lipinski definition) is 4. The average Bonchev–Trinajstić information content (AvgIpc) is 3.01. The number of halogens is 1. The van der Waals surface area contributed by atoms with Crippen LogP contribution in [0.5, 0.6) is 5.75 Å². The van der Waals surface area contributed by atoms with Gasteiger partial charge in [0.25, 0.3) is 5.91 Å². The maximum atomic E-state index is 12.4. The third kappa shape index (κ3) is 4.09. The Balaban J connectivity index is 2.10. The van der Waals surface area contributed by atoms with Crippen molar-refractivity contribution in [2.24, 2.45) is 0 Å². The highest BCUT2D eigenvalue weighted by Gasteiger charge is 2.18. The molecule has 1 atom stereocenters. The van der Waals surface area contributed by atoms with Crippen molar-refractivity contribution in [1.29, 1.82) is 0 Å². The number of nitrogens with one attached hydrogen (secondary N) is 1. The number of carbonyl (C=O) groups excluding carboxylic acids is 1. The molecule has 1 amide bonds. The van der Waals surface area contributed by atoms with E-state index < -0.39 is 0 Å². The number of ether oxygens (including phenoxy) is 1. The molecule has 6 heteroatoms. The lowest BCUT2D eigenvalue weighted by atomic mass is 10.1. The summed E-state index contributed by atoms with van der Waals surface area (Å²) in [6, 6.07) is 9.66. The summed E-state index contributed by atoms with van der Waals surface area (Å²) < 4.78 is 6.11. The smallest absolute Gasteiger partial charge is 0.255 e. The molecule has 1 aromatic heterocycles. The quantitative estimate of drug-likeness (QED) is 0.830. The topological polar surface area (TPSA) is 41.6 Å². The molecule has 4 nitrogen and oxygen atoms in total. The molecular formula is C16H19BrN2O2S. The van der Waals surface area contributed by atoms with E-state index >= 15 is 0 Å². The van der Waals surface area contributed by atoms with E-state index in [-0.39, 0.29) is 11.9 Å². The van der Waals surface area contributed by atoms with E-state index in [2.05, 4.69) is 32.2 Å². The van der Waals surface area contributed by atoms with Gasteiger partial charge >= 0.3 is 0 Å². The van der Waals surface area contributed by atoms with Crippen molar-refractivity contribution in [2.75, 3.05) is 27.7 Å². The molecule has 118 valence electrons. The number of benzene rings is 1. The molecule has 0 aliphatic rings. The van der Waals surface area contributed by atoms with E-state index in [0.29, 0.717) is 17.9 Å². The number of likely N-dealkylation sites (N-methyl/N-ethyl adjacent to an activating group) is 1. The summed E-state index contributed by atoms with van der Waals surface area (Å²) in [7, 11) is 5.58. The summed E-state index contributed by atoms with van der Waals surface area (Å²) in [5, 5.41) is 5.04. The Morgan fingerprint density at radius 3 is 2.77 bits per heavy atom. The number of carbonyl (C=O) groups is 1. The van der Waals surface area contributed by atoms with Crippen molar-refractivity contribution < 1.29 is 9.53 Å². The highest BCUT2D eigenvalue weighted by Crippen LogP contribution is 2.24. The summed E-state index contributed by atoms with van der Waals surface area (Å²) in [4.78, 5) is 15.8. The molecule has 2 rings (SSSR count). The second-order valence-corrected chi connectivity index (χ2v) is 6.94. The van der Waals surface area contributed by atoms with Crippen LogP contribution in [0.25, 0.3) is 0 Å². The van der Waals surface area contributed by atoms with Gasteiger partial charge in [-0.1, -0.05) is 22.0 Å². The second-order valence-electron chi connectivity index (χ2n) is 5.05. The zero-order chi connectivity index (χ0) is 16.1. The van der Waals surface area contributed by atoms with Gasteiger partial charge in [-0.05, 0) is 43.7 Å². The minimum atomic E-state index is -0.137. The first kappa shape index (κ1) is 17.0. The number of nitrogens with zero attached hydrogens (tertiary/aromatic N) is 1. The molecule has 0 aliphatic carbocycles. The van der Waals surface area contributed by atoms with E-state index in [1.54, 1.807) is 30.6 Å². The molecule has 0 bridgehead atoms. The molecule has 1 unspecified atom stereocenters. The largest absolute Gasteiger partial charge is 0.496 e. The van der Waals surface area contributed by atoms with Crippen LogP contribution in [0.1, 0.15) is 21.3 Å². The number of rotatable bonds is 6. The van der Waals surface area contributed by atoms with Crippen molar-refractivity contribution in [3.63, 3.8) is 0 Å². The van der Waals surface area contributed by atoms with Crippen LogP contribution >= 0.6 is 27.3 Å². The summed E-state index contributed by atoms with van der Waals surface area (Å²) in [5.41, 5.74) is 0.528. The van der Waals surface area contributed by atoms with E-state index in [4.69, 9.17) is 4.74 Å². The van der Waals surface area contributed by atoms with E-state index in [1.165, 1.54) is 4.88 Å². The van der Waals surface area contributed by atoms with Gasteiger partial charge in [0.05, 0.1) is 18.7 Å². The summed E-state index contributed by atoms with van der Waals surface area (Å²) in [6.07, 6.45) is 0. The standard InChI is InChI=1S/C16H19BrN2O2S/c1-19(2)13(15-5-4-8-22-15)10-18-16(20)12-9-11(17)6-7-14(12)21-3/h4-9,13H,10H2,1-3H3,(H,18,20). The molecule has 0 radical (unpaired) electrons. The Morgan fingerprint density at radius 2 is 2.18 bits per heavy atom. The zero-order valence-electron chi connectivity index (χ0n) is 12.8. The van der Waals surface area contributed by atoms with Crippen molar-refractivity contribution in [2.45, 2.75) is 6.04 Å². The SMILES string of the molecule is COc1ccc(Br)cc1C(=O)NCC(c1cccs1)N(C)C. The van der Waals surface area contributed by atoms with E-state index in [0.717, 1.165) is 4.47 Å². The molecule has 1 aromatic carbocycles. The lowest BCUT2D eigenvalue weighted by molar-refractivity contribution is 0.0939. The third-order valence-corrected chi connectivity index (χ3v) is 4.82. The zero-order valence-corrected chi connectivity index (χ0v) is 15.2. The Morgan fingerprint density at radius 1 is 1.41 bits per heavy atom. The first-order valence-electron chi connectivity index (χ1n) is 6.84. The lowest BCUT2D eigenvalue weighted by Gasteiger charge is -2.23. The molecule has 0 spiro atoms. The van der Waals surface area contributed by atoms with Gasteiger partial charge in [0.2, 0.25) is 0 Å². The van der Waals surface area contributed by atoms with Crippen molar-refractivity contribution in [3.8, 4) is 5.75 Å². The minimum Gasteiger partial charge on any atom is -0.496 e. The van der Waals surface area contributed by atoms with Gasteiger partial charge in [0, 0.05) is 15.9 Å². The van der Waals surface area contributed by atoms with Crippen LogP contribution in [-0.2, 0) is 0 Å². The van der Waals surface area contributed by atoms with Crippen molar-refractivity contribution in [3.05, 3.63) is 50.6 Å². The van der Waals surface area contributed by atoms with E-state index in [1.807, 2.05) is 31.6 Å². The lowest BCUT2D eigenvalue weighted by Crippen LogP contribution is -2.34. The fourth-order valence-corrected chi connectivity index (χ4v) is 3.44. The molecule has 2 aromatic rings. The van der Waals surface area contributed by atoms with Gasteiger partial charge in [-0.3, -0.25) is 4.79 Å². The minimum absolute atomic E-state index is 0.137. The Kier molecular flexibility index (Phi) is 5.99. The predicted molar refractivity (Wildman–Crippen MR) is 93.8 cm³/mol. The van der Waals surface area contributed by atoms with Gasteiger partial charge < -0.3 is 15.0 Å². The predicted octanol–water partition coefficient (Wildman–Crippen LogP) is 3.55. The Hall–Kier alpha value is -1.37. The molecule has 0 saturated carbocycles. The van der Waals surface area contributed by atoms with Gasteiger partial charge in [-0.25, -0.2) is 0 Å². The Labute approximate surface area is 143 Å². The first-order valence-corrected chi connectivity index (χ1v) is 8.51. The molecule has 22 heavy (non-hydrogen) atoms. The monoisotopic (exact) mass is 382 g/mol.